The Bertz CT molecular complexity index is 1240. The van der Waals surface area contributed by atoms with E-state index in [2.05, 4.69) is 21.0 Å². The average molecular weight is 478 g/mol. The van der Waals surface area contributed by atoms with Crippen LogP contribution in [0, 0.1) is 6.92 Å². The molecule has 0 radical (unpaired) electrons. The van der Waals surface area contributed by atoms with Crippen molar-refractivity contribution in [2.75, 3.05) is 13.1 Å². The van der Waals surface area contributed by atoms with Gasteiger partial charge in [0, 0.05) is 25.2 Å². The van der Waals surface area contributed by atoms with Crippen molar-refractivity contribution in [1.29, 1.82) is 0 Å². The summed E-state index contributed by atoms with van der Waals surface area (Å²) in [4.78, 5) is 15.5. The molecule has 4 rings (SSSR count). The molecular weight excluding hydrogens is 446 g/mol. The Morgan fingerprint density at radius 3 is 2.29 bits per heavy atom. The zero-order valence-electron chi connectivity index (χ0n) is 19.5. The van der Waals surface area contributed by atoms with E-state index in [1.165, 1.54) is 30.5 Å². The molecule has 2 N–H and O–H groups in total. The van der Waals surface area contributed by atoms with Crippen molar-refractivity contribution in [2.24, 2.45) is 0 Å². The molecular formula is C27H31N3O3S. The number of hydrogen-bond acceptors (Lipinski definition) is 4. The maximum atomic E-state index is 13.0. The minimum Gasteiger partial charge on any atom is -0.348 e. The number of carbonyl (C=O) groups excluding carboxylic acids is 1. The van der Waals surface area contributed by atoms with Crippen LogP contribution in [0.25, 0.3) is 0 Å². The van der Waals surface area contributed by atoms with Gasteiger partial charge in [-0.2, -0.15) is 0 Å². The van der Waals surface area contributed by atoms with E-state index < -0.39 is 10.0 Å². The minimum absolute atomic E-state index is 0.0774. The first-order valence-corrected chi connectivity index (χ1v) is 13.1. The molecule has 0 atom stereocenters. The van der Waals surface area contributed by atoms with Gasteiger partial charge in [0.2, 0.25) is 10.0 Å². The Hall–Kier alpha value is -3.00. The number of amides is 1. The van der Waals surface area contributed by atoms with Gasteiger partial charge in [0.05, 0.1) is 4.90 Å². The highest BCUT2D eigenvalue weighted by Gasteiger charge is 2.19. The Morgan fingerprint density at radius 2 is 1.56 bits per heavy atom. The second kappa shape index (κ2) is 11.0. The van der Waals surface area contributed by atoms with E-state index >= 15 is 0 Å². The van der Waals surface area contributed by atoms with Crippen molar-refractivity contribution in [3.8, 4) is 0 Å². The zero-order chi connectivity index (χ0) is 24.0. The topological polar surface area (TPSA) is 78.5 Å². The van der Waals surface area contributed by atoms with E-state index in [0.29, 0.717) is 12.1 Å². The highest BCUT2D eigenvalue weighted by atomic mass is 32.2. The standard InChI is InChI=1S/C27H31N3O3S/c1-21-13-14-25(34(32,33)29-18-22-9-3-2-4-10-22)17-26(21)27(31)28-19-23-11-5-6-12-24(23)20-30-15-7-8-16-30/h2-6,9-14,17,29H,7-8,15-16,18-20H2,1H3,(H,28,31). The fraction of sp³-hybridized carbons (Fsp3) is 0.296. The van der Waals surface area contributed by atoms with E-state index in [0.717, 1.165) is 36.3 Å². The van der Waals surface area contributed by atoms with Crippen molar-refractivity contribution in [3.05, 3.63) is 101 Å². The average Bonchev–Trinajstić information content (AvgIpc) is 3.36. The minimum atomic E-state index is -3.75. The van der Waals surface area contributed by atoms with E-state index in [-0.39, 0.29) is 17.3 Å². The lowest BCUT2D eigenvalue weighted by molar-refractivity contribution is 0.0950. The first kappa shape index (κ1) is 24.1. The Labute approximate surface area is 202 Å². The third-order valence-corrected chi connectivity index (χ3v) is 7.62. The monoisotopic (exact) mass is 477 g/mol. The lowest BCUT2D eigenvalue weighted by atomic mass is 10.1. The van der Waals surface area contributed by atoms with Crippen LogP contribution in [0.4, 0.5) is 0 Å². The fourth-order valence-corrected chi connectivity index (χ4v) is 5.25. The number of likely N-dealkylation sites (tertiary alicyclic amines) is 1. The summed E-state index contributed by atoms with van der Waals surface area (Å²) in [6.07, 6.45) is 2.47. The summed E-state index contributed by atoms with van der Waals surface area (Å²) in [5.74, 6) is -0.284. The Balaban J connectivity index is 1.44. The van der Waals surface area contributed by atoms with Crippen molar-refractivity contribution in [1.82, 2.24) is 14.9 Å². The lowest BCUT2D eigenvalue weighted by Gasteiger charge is -2.18. The highest BCUT2D eigenvalue weighted by Crippen LogP contribution is 2.18. The predicted octanol–water partition coefficient (Wildman–Crippen LogP) is 4.00. The normalized spacial score (nSPS) is 14.3. The van der Waals surface area contributed by atoms with E-state index in [9.17, 15) is 13.2 Å². The van der Waals surface area contributed by atoms with Gasteiger partial charge in [0.25, 0.3) is 5.91 Å². The smallest absolute Gasteiger partial charge is 0.251 e. The van der Waals surface area contributed by atoms with Crippen LogP contribution >= 0.6 is 0 Å². The third kappa shape index (κ3) is 6.11. The number of nitrogens with one attached hydrogen (secondary N) is 2. The zero-order valence-corrected chi connectivity index (χ0v) is 20.3. The van der Waals surface area contributed by atoms with Gasteiger partial charge in [-0.25, -0.2) is 13.1 Å². The van der Waals surface area contributed by atoms with Crippen LogP contribution < -0.4 is 10.0 Å². The van der Waals surface area contributed by atoms with Gasteiger partial charge in [0.15, 0.2) is 0 Å². The summed E-state index contributed by atoms with van der Waals surface area (Å²) >= 11 is 0. The van der Waals surface area contributed by atoms with Crippen molar-refractivity contribution in [2.45, 2.75) is 44.3 Å². The Morgan fingerprint density at radius 1 is 0.882 bits per heavy atom. The van der Waals surface area contributed by atoms with Crippen LogP contribution in [-0.2, 0) is 29.7 Å². The van der Waals surface area contributed by atoms with Crippen LogP contribution in [0.15, 0.2) is 77.7 Å². The first-order chi connectivity index (χ1) is 16.4. The molecule has 0 bridgehead atoms. The molecule has 0 saturated carbocycles. The quantitative estimate of drug-likeness (QED) is 0.488. The van der Waals surface area contributed by atoms with Gasteiger partial charge >= 0.3 is 0 Å². The first-order valence-electron chi connectivity index (χ1n) is 11.6. The number of sulfonamides is 1. The molecule has 6 nitrogen and oxygen atoms in total. The highest BCUT2D eigenvalue weighted by molar-refractivity contribution is 7.89. The summed E-state index contributed by atoms with van der Waals surface area (Å²) in [5, 5.41) is 2.99. The fourth-order valence-electron chi connectivity index (χ4n) is 4.21. The van der Waals surface area contributed by atoms with Gasteiger partial charge in [-0.15, -0.1) is 0 Å². The largest absolute Gasteiger partial charge is 0.348 e. The number of benzene rings is 3. The van der Waals surface area contributed by atoms with Crippen LogP contribution in [0.1, 0.15) is 45.5 Å². The molecule has 1 saturated heterocycles. The molecule has 34 heavy (non-hydrogen) atoms. The molecule has 3 aromatic rings. The molecule has 1 fully saturated rings. The van der Waals surface area contributed by atoms with Gasteiger partial charge < -0.3 is 5.32 Å². The molecule has 3 aromatic carbocycles. The van der Waals surface area contributed by atoms with Crippen LogP contribution in [-0.4, -0.2) is 32.3 Å². The van der Waals surface area contributed by atoms with E-state index in [1.54, 1.807) is 6.07 Å². The molecule has 1 amide bonds. The molecule has 1 aliphatic rings. The van der Waals surface area contributed by atoms with Crippen LogP contribution in [0.5, 0.6) is 0 Å². The van der Waals surface area contributed by atoms with Gasteiger partial charge in [-0.3, -0.25) is 9.69 Å². The molecule has 0 spiro atoms. The van der Waals surface area contributed by atoms with Gasteiger partial charge in [0.1, 0.15) is 0 Å². The molecule has 7 heteroatoms. The van der Waals surface area contributed by atoms with E-state index in [4.69, 9.17) is 0 Å². The molecule has 0 aliphatic carbocycles. The van der Waals surface area contributed by atoms with E-state index in [1.807, 2.05) is 55.5 Å². The number of carbonyl (C=O) groups is 1. The number of nitrogens with zero attached hydrogens (tertiary/aromatic N) is 1. The van der Waals surface area contributed by atoms with Crippen LogP contribution in [0.3, 0.4) is 0 Å². The maximum absolute atomic E-state index is 13.0. The van der Waals surface area contributed by atoms with Gasteiger partial charge in [-0.05, 0) is 67.2 Å². The summed E-state index contributed by atoms with van der Waals surface area (Å²) in [5.41, 5.74) is 4.24. The second-order valence-corrected chi connectivity index (χ2v) is 10.5. The van der Waals surface area contributed by atoms with Gasteiger partial charge in [-0.1, -0.05) is 60.7 Å². The summed E-state index contributed by atoms with van der Waals surface area (Å²) in [6.45, 7) is 5.49. The second-order valence-electron chi connectivity index (χ2n) is 8.72. The molecule has 1 aliphatic heterocycles. The SMILES string of the molecule is Cc1ccc(S(=O)(=O)NCc2ccccc2)cc1C(=O)NCc1ccccc1CN1CCCC1. The molecule has 0 unspecified atom stereocenters. The molecule has 1 heterocycles. The Kier molecular flexibility index (Phi) is 7.77. The number of aryl methyl sites for hydroxylation is 1. The number of hydrogen-bond donors (Lipinski definition) is 2. The number of rotatable bonds is 9. The summed E-state index contributed by atoms with van der Waals surface area (Å²) < 4.78 is 28.3. The summed E-state index contributed by atoms with van der Waals surface area (Å²) in [7, 11) is -3.75. The maximum Gasteiger partial charge on any atom is 0.251 e. The molecule has 0 aromatic heterocycles. The van der Waals surface area contributed by atoms with Crippen molar-refractivity contribution in [3.63, 3.8) is 0 Å². The summed E-state index contributed by atoms with van der Waals surface area (Å²) in [6, 6.07) is 22.1. The molecule has 178 valence electrons. The third-order valence-electron chi connectivity index (χ3n) is 6.22. The van der Waals surface area contributed by atoms with Crippen molar-refractivity contribution < 1.29 is 13.2 Å². The predicted molar refractivity (Wildman–Crippen MR) is 134 cm³/mol. The van der Waals surface area contributed by atoms with Crippen molar-refractivity contribution >= 4 is 15.9 Å². The lowest BCUT2D eigenvalue weighted by Crippen LogP contribution is -2.27. The van der Waals surface area contributed by atoms with Crippen LogP contribution in [0.2, 0.25) is 0 Å².